The Morgan fingerprint density at radius 3 is 0.673 bits per heavy atom. The summed E-state index contributed by atoms with van der Waals surface area (Å²) in [5.74, 6) is 0.816. The predicted octanol–water partition coefficient (Wildman–Crippen LogP) is 10.6. The van der Waals surface area contributed by atoms with Crippen LogP contribution in [0.15, 0.2) is 0 Å². The summed E-state index contributed by atoms with van der Waals surface area (Å²) < 4.78 is 0. The summed E-state index contributed by atoms with van der Waals surface area (Å²) in [6.45, 7) is 33.3. The van der Waals surface area contributed by atoms with Gasteiger partial charge in [-0.05, 0) is 85.3 Å². The van der Waals surface area contributed by atoms with Crippen LogP contribution >= 0.6 is 0 Å². The maximum absolute atomic E-state index is 10.5. The molecule has 12 radical (unpaired) electrons. The monoisotopic (exact) mass is 2930 g/mol. The van der Waals surface area contributed by atoms with Crippen LogP contribution in [-0.4, -0.2) is 101 Å². The zero-order valence-electron chi connectivity index (χ0n) is 85.3. The zero-order chi connectivity index (χ0) is 98.8. The Hall–Kier alpha value is -3.31. The van der Waals surface area contributed by atoms with E-state index in [1.807, 2.05) is 86.0 Å². The van der Waals surface area contributed by atoms with Crippen LogP contribution in [0.3, 0.4) is 0 Å². The number of nitrogens with two attached hydrogens (primary N) is 12. The van der Waals surface area contributed by atoms with Crippen molar-refractivity contribution in [2.75, 3.05) is 168 Å². The summed E-state index contributed by atoms with van der Waals surface area (Å²) in [5.41, 5.74) is 106. The fourth-order valence-corrected chi connectivity index (χ4v) is 22.1. The van der Waals surface area contributed by atoms with Crippen molar-refractivity contribution in [2.45, 2.75) is 162 Å². The predicted molar refractivity (Wildman–Crippen MR) is 537 cm³/mol. The third-order valence-electron chi connectivity index (χ3n) is 28.3. The molecule has 12 aromatic carbocycles. The van der Waals surface area contributed by atoms with Gasteiger partial charge >= 0.3 is 0 Å². The molecule has 48 heteroatoms. The van der Waals surface area contributed by atoms with E-state index >= 15 is 0 Å². The molecule has 756 valence electrons. The van der Waals surface area contributed by atoms with Gasteiger partial charge in [0, 0.05) is 529 Å². The summed E-state index contributed by atoms with van der Waals surface area (Å²) in [7, 11) is 0. The van der Waals surface area contributed by atoms with Crippen molar-refractivity contribution in [3.63, 3.8) is 0 Å². The quantitative estimate of drug-likeness (QED) is 0.0381. The molecular formula is C102H108N24O12Y12-12. The van der Waals surface area contributed by atoms with Gasteiger partial charge < -0.3 is 189 Å². The Morgan fingerprint density at radius 1 is 0.160 bits per heavy atom. The third-order valence-corrected chi connectivity index (χ3v) is 28.3. The van der Waals surface area contributed by atoms with Crippen LogP contribution in [0, 0.1) is 156 Å². The Balaban J connectivity index is 0.000000240. The van der Waals surface area contributed by atoms with Crippen LogP contribution in [0.4, 0.5) is 136 Å². The van der Waals surface area contributed by atoms with Gasteiger partial charge in [-0.3, -0.25) is 0 Å². The minimum atomic E-state index is -0.00714. The van der Waals surface area contributed by atoms with Crippen molar-refractivity contribution in [3.05, 3.63) is 206 Å². The van der Waals surface area contributed by atoms with Crippen LogP contribution < -0.4 is 128 Å². The average Bonchev–Trinajstić information content (AvgIpc) is 0.764. The van der Waals surface area contributed by atoms with E-state index in [2.05, 4.69) is 122 Å². The summed E-state index contributed by atoms with van der Waals surface area (Å²) in [5, 5.41) is 122. The van der Waals surface area contributed by atoms with Crippen LogP contribution in [-0.2, 0) is 471 Å². The van der Waals surface area contributed by atoms with Crippen molar-refractivity contribution in [1.29, 1.82) is 0 Å². The number of aromatic hydroxyl groups is 12. The number of hydrogen-bond donors (Lipinski definition) is 24. The van der Waals surface area contributed by atoms with Crippen LogP contribution in [0.2, 0.25) is 0 Å². The molecule has 0 unspecified atom stereocenters. The molecule has 0 aromatic heterocycles. The van der Waals surface area contributed by atoms with Crippen molar-refractivity contribution < 1.29 is 454 Å². The first-order chi connectivity index (χ1) is 65.3. The maximum atomic E-state index is 10.5. The van der Waals surface area contributed by atoms with Gasteiger partial charge in [-0.15, -0.1) is 131 Å². The molecule has 0 spiro atoms. The maximum Gasteiger partial charge on any atom is 0.0697 e. The van der Waals surface area contributed by atoms with E-state index in [4.69, 9.17) is 68.8 Å². The molecule has 12 aromatic rings. The van der Waals surface area contributed by atoms with E-state index in [1.54, 1.807) is 6.92 Å². The van der Waals surface area contributed by atoms with E-state index in [9.17, 15) is 61.3 Å². The smallest absolute Gasteiger partial charge is 0.0697 e. The van der Waals surface area contributed by atoms with Gasteiger partial charge in [-0.2, -0.15) is 36.4 Å². The molecule has 0 saturated heterocycles. The summed E-state index contributed by atoms with van der Waals surface area (Å²) in [4.78, 5) is 25.4. The number of rotatable bonds is 0. The molecule has 0 aliphatic carbocycles. The SMILES string of the molecule is Cc1[c-]c(N)c(O)c2c1N1Cc3[c-]c(O)c(N)c(C)c3N(C2)C1.Cc1[c-]c(N)c(O)c2c1N1Cc3c(O)c(N)[c-]c(C)c3N(C2)C1.Cc1[c-]c(O)c(N)c2c1N1Cc3[c-]c(N)c(O)c(C)c3N(C2)C1.Cc1[c-]c2c(c(O)c1N)N1Cc3[c-]c(C)c(O)c(N)c3N(C2)C1.Cc1[c-]c2c(c(O)c1N)N1Cc3[c-]c(N)c(O)c(C)c3N(C2)C1.Cc1c(N)c(O)[c-]c2c1N1Cc3[c-]c(N)c(O)c(C)c3N(C2)C1.[Y].[Y].[Y].[Y].[Y].[Y].[Y].[Y].[Y].[Y].[Y].[Y]. The number of anilines is 24. The molecule has 0 fully saturated rings. The fraction of sp³-hybridized carbons (Fsp3) is 0.294. The van der Waals surface area contributed by atoms with Crippen LogP contribution in [0.25, 0.3) is 0 Å². The van der Waals surface area contributed by atoms with Gasteiger partial charge in [0.2, 0.25) is 0 Å². The minimum absolute atomic E-state index is 0. The first kappa shape index (κ1) is 134. The first-order valence-electron chi connectivity index (χ1n) is 44.7. The second-order valence-corrected chi connectivity index (χ2v) is 37.3. The second kappa shape index (κ2) is 51.8. The van der Waals surface area contributed by atoms with Crippen molar-refractivity contribution in [1.82, 2.24) is 0 Å². The topological polar surface area (TPSA) is 594 Å². The Labute approximate surface area is 1170 Å². The second-order valence-electron chi connectivity index (χ2n) is 37.3. The van der Waals surface area contributed by atoms with Gasteiger partial charge in [0.1, 0.15) is 0 Å². The van der Waals surface area contributed by atoms with Gasteiger partial charge in [-0.1, -0.05) is 173 Å². The summed E-state index contributed by atoms with van der Waals surface area (Å²) in [6.07, 6.45) is 0. The third kappa shape index (κ3) is 23.5. The number of benzene rings is 12. The molecular weight excluding hydrogens is 2820 g/mol. The van der Waals surface area contributed by atoms with Crippen LogP contribution in [0.1, 0.15) is 134 Å². The largest absolute Gasteiger partial charge is 0.563 e. The first-order valence-corrected chi connectivity index (χ1v) is 44.7. The van der Waals surface area contributed by atoms with Crippen molar-refractivity contribution in [2.24, 2.45) is 0 Å². The Kier molecular flexibility index (Phi) is 46.1. The van der Waals surface area contributed by atoms with Crippen LogP contribution in [0.5, 0.6) is 69.0 Å². The molecule has 0 amide bonds. The molecule has 150 heavy (non-hydrogen) atoms. The van der Waals surface area contributed by atoms with Gasteiger partial charge in [0.25, 0.3) is 0 Å². The van der Waals surface area contributed by atoms with Gasteiger partial charge in [0.05, 0.1) is 51.5 Å². The average molecular weight is 2930 g/mol. The van der Waals surface area contributed by atoms with E-state index in [0.29, 0.717) is 158 Å². The molecule has 0 saturated carbocycles. The number of phenolic OH excluding ortho intramolecular Hbond substituents is 12. The minimum Gasteiger partial charge on any atom is -0.563 e. The molecule has 12 aliphatic rings. The fourth-order valence-electron chi connectivity index (χ4n) is 22.1. The Morgan fingerprint density at radius 2 is 0.367 bits per heavy atom. The van der Waals surface area contributed by atoms with E-state index in [-0.39, 0.29) is 496 Å². The van der Waals surface area contributed by atoms with Crippen molar-refractivity contribution >= 4 is 136 Å². The summed E-state index contributed by atoms with van der Waals surface area (Å²) in [6, 6.07) is 36.9. The zero-order valence-corrected chi connectivity index (χ0v) is 119. The molecule has 12 heterocycles. The number of nitrogen functional groups attached to an aromatic ring is 12. The molecule has 36 nitrogen and oxygen atoms in total. The number of aryl methyl sites for hydroxylation is 7. The van der Waals surface area contributed by atoms with Gasteiger partial charge in [-0.25, -0.2) is 0 Å². The van der Waals surface area contributed by atoms with Crippen molar-refractivity contribution in [3.8, 4) is 69.0 Å². The number of fused-ring (bicyclic) bond motifs is 36. The number of nitrogens with zero attached hydrogens (tertiary/aromatic N) is 12. The van der Waals surface area contributed by atoms with Gasteiger partial charge in [0.15, 0.2) is 0 Å². The molecule has 24 rings (SSSR count). The normalized spacial score (nSPS) is 14.2. The standard InChI is InChI=1S/6C17H18N4O2.12Y/c1-8-14(19)13(22)4-11-6-21-7-20(15(8)11)5-10-3-12(18)17(23)9(2)16(10)21;1-8-3-13(22)14(19)11-6-21-7-20(15(8)11)5-10-4-12(18)17(23)9(2)16(10)21;1-8-3-12(18)17(23)11-6-21-7-20(15(8)11)5-10-4-13(22)14(19)9(2)16(10)21;1-8-3-10-5-20-7-21(15(10)17(23)13(8)19)6-11-4-12(18)16(22)9(2)14(11)20;1-8-3-12(18)16(22)10-5-21-7-20(14(8)10)6-11-15(21)9(2)4-13(19)17(11)23;1-8-3-11-6-20-7-21(15(11)17(23)12(8)18)5-10-4-9(2)16(22)13(19)14(10)20;;;;;;;;;;;;/h6*22-23H,5-7,18-19H2,1-2H3;;;;;;;;;;;;/q6*-2;;;;;;;;;;;;. The number of hydrogen-bond acceptors (Lipinski definition) is 36. The Bertz CT molecular complexity index is 6460. The molecule has 12 aliphatic heterocycles. The summed E-state index contributed by atoms with van der Waals surface area (Å²) >= 11 is 0. The van der Waals surface area contributed by atoms with E-state index in [0.717, 1.165) is 196 Å². The molecule has 0 atom stereocenters. The van der Waals surface area contributed by atoms with E-state index < -0.39 is 0 Å². The number of phenols is 12. The van der Waals surface area contributed by atoms with E-state index in [1.165, 1.54) is 0 Å². The molecule has 12 bridgehead atoms. The molecule has 36 N–H and O–H groups in total.